The van der Waals surface area contributed by atoms with Crippen molar-refractivity contribution in [1.29, 1.82) is 0 Å². The standard InChI is InChI=1S/C8H8O2.H4N2/c1-6-2-3-8(10)7(4-6)5-9;1-2/h2-5,10H,1H3;1-2H2. The van der Waals surface area contributed by atoms with Gasteiger partial charge in [0.25, 0.3) is 0 Å². The fraction of sp³-hybridized carbons (Fsp3) is 0.125. The SMILES string of the molecule is Cc1ccc(O)c(C=O)c1.NN. The van der Waals surface area contributed by atoms with E-state index in [4.69, 9.17) is 5.11 Å². The van der Waals surface area contributed by atoms with Gasteiger partial charge in [-0.05, 0) is 19.1 Å². The molecule has 4 heteroatoms. The van der Waals surface area contributed by atoms with Crippen molar-refractivity contribution in [1.82, 2.24) is 0 Å². The third-order valence-electron chi connectivity index (χ3n) is 1.31. The molecule has 0 unspecified atom stereocenters. The lowest BCUT2D eigenvalue weighted by Crippen LogP contribution is -2.02. The van der Waals surface area contributed by atoms with Gasteiger partial charge in [-0.2, -0.15) is 0 Å². The number of hydrogen-bond donors (Lipinski definition) is 3. The number of aromatic hydroxyl groups is 1. The molecule has 0 atom stereocenters. The largest absolute Gasteiger partial charge is 0.507 e. The molecule has 0 heterocycles. The van der Waals surface area contributed by atoms with E-state index in [1.54, 1.807) is 12.1 Å². The molecule has 0 saturated carbocycles. The van der Waals surface area contributed by atoms with Gasteiger partial charge < -0.3 is 5.11 Å². The van der Waals surface area contributed by atoms with Crippen LogP contribution in [-0.4, -0.2) is 11.4 Å². The molecule has 0 aliphatic heterocycles. The highest BCUT2D eigenvalue weighted by atomic mass is 16.3. The van der Waals surface area contributed by atoms with Crippen LogP contribution in [0.2, 0.25) is 0 Å². The topological polar surface area (TPSA) is 89.3 Å². The van der Waals surface area contributed by atoms with Gasteiger partial charge in [0.1, 0.15) is 5.75 Å². The number of aldehydes is 1. The van der Waals surface area contributed by atoms with Crippen LogP contribution in [0, 0.1) is 6.92 Å². The Hall–Kier alpha value is -1.39. The average Bonchev–Trinajstić information content (AvgIpc) is 2.13. The summed E-state index contributed by atoms with van der Waals surface area (Å²) in [5.41, 5.74) is 1.32. The smallest absolute Gasteiger partial charge is 0.153 e. The summed E-state index contributed by atoms with van der Waals surface area (Å²) >= 11 is 0. The predicted octanol–water partition coefficient (Wildman–Crippen LogP) is 0.332. The highest BCUT2D eigenvalue weighted by Crippen LogP contribution is 2.15. The third kappa shape index (κ3) is 2.69. The average molecular weight is 168 g/mol. The van der Waals surface area contributed by atoms with Crippen molar-refractivity contribution in [3.05, 3.63) is 29.3 Å². The minimum absolute atomic E-state index is 0.0422. The number of phenolic OH excluding ortho intramolecular Hbond substituents is 1. The Morgan fingerprint density at radius 2 is 2.00 bits per heavy atom. The van der Waals surface area contributed by atoms with E-state index in [2.05, 4.69) is 11.7 Å². The summed E-state index contributed by atoms with van der Waals surface area (Å²) in [6.07, 6.45) is 0.641. The molecule has 4 nitrogen and oxygen atoms in total. The first-order valence-electron chi connectivity index (χ1n) is 3.32. The van der Waals surface area contributed by atoms with Crippen LogP contribution < -0.4 is 11.7 Å². The van der Waals surface area contributed by atoms with E-state index in [9.17, 15) is 4.79 Å². The zero-order valence-electron chi connectivity index (χ0n) is 6.82. The van der Waals surface area contributed by atoms with Crippen LogP contribution in [0.4, 0.5) is 0 Å². The van der Waals surface area contributed by atoms with E-state index in [1.165, 1.54) is 6.07 Å². The normalized spacial score (nSPS) is 8.25. The minimum atomic E-state index is 0.0422. The van der Waals surface area contributed by atoms with Gasteiger partial charge in [0.05, 0.1) is 5.56 Å². The second-order valence-electron chi connectivity index (χ2n) is 2.18. The van der Waals surface area contributed by atoms with Crippen LogP contribution in [0.1, 0.15) is 15.9 Å². The number of carbonyl (C=O) groups is 1. The first-order chi connectivity index (χ1) is 5.74. The van der Waals surface area contributed by atoms with Gasteiger partial charge in [0.2, 0.25) is 0 Å². The van der Waals surface area contributed by atoms with E-state index in [1.807, 2.05) is 6.92 Å². The summed E-state index contributed by atoms with van der Waals surface area (Å²) in [5, 5.41) is 9.00. The maximum absolute atomic E-state index is 10.2. The highest BCUT2D eigenvalue weighted by Gasteiger charge is 1.96. The number of aryl methyl sites for hydroxylation is 1. The molecule has 0 fully saturated rings. The lowest BCUT2D eigenvalue weighted by molar-refractivity contribution is 0.112. The molecule has 1 rings (SSSR count). The van der Waals surface area contributed by atoms with Crippen molar-refractivity contribution in [3.8, 4) is 5.75 Å². The zero-order chi connectivity index (χ0) is 9.56. The van der Waals surface area contributed by atoms with Crippen LogP contribution in [0.15, 0.2) is 18.2 Å². The van der Waals surface area contributed by atoms with E-state index in [0.717, 1.165) is 5.56 Å². The summed E-state index contributed by atoms with van der Waals surface area (Å²) in [7, 11) is 0. The fourth-order valence-corrected chi connectivity index (χ4v) is 0.768. The summed E-state index contributed by atoms with van der Waals surface area (Å²) in [6, 6.07) is 4.91. The maximum Gasteiger partial charge on any atom is 0.153 e. The molecule has 0 spiro atoms. The van der Waals surface area contributed by atoms with Crippen LogP contribution >= 0.6 is 0 Å². The number of benzene rings is 1. The van der Waals surface area contributed by atoms with Gasteiger partial charge in [-0.1, -0.05) is 11.6 Å². The highest BCUT2D eigenvalue weighted by molar-refractivity contribution is 5.79. The Kier molecular flexibility index (Phi) is 4.67. The van der Waals surface area contributed by atoms with Crippen molar-refractivity contribution in [2.45, 2.75) is 6.92 Å². The summed E-state index contributed by atoms with van der Waals surface area (Å²) in [5.74, 6) is 8.04. The third-order valence-corrected chi connectivity index (χ3v) is 1.31. The monoisotopic (exact) mass is 168 g/mol. The van der Waals surface area contributed by atoms with Crippen molar-refractivity contribution in [2.24, 2.45) is 11.7 Å². The predicted molar refractivity (Wildman–Crippen MR) is 46.6 cm³/mol. The molecule has 1 aromatic rings. The number of hydrazine groups is 1. The van der Waals surface area contributed by atoms with E-state index in [-0.39, 0.29) is 5.75 Å². The number of nitrogens with two attached hydrogens (primary N) is 2. The summed E-state index contributed by atoms with van der Waals surface area (Å²) in [4.78, 5) is 10.2. The Labute approximate surface area is 70.8 Å². The van der Waals surface area contributed by atoms with E-state index in [0.29, 0.717) is 11.8 Å². The van der Waals surface area contributed by atoms with E-state index >= 15 is 0 Å². The molecule has 0 radical (unpaired) electrons. The van der Waals surface area contributed by atoms with Crippen molar-refractivity contribution in [2.75, 3.05) is 0 Å². The maximum atomic E-state index is 10.2. The Morgan fingerprint density at radius 1 is 1.42 bits per heavy atom. The molecule has 0 aromatic heterocycles. The molecule has 0 saturated heterocycles. The minimum Gasteiger partial charge on any atom is -0.507 e. The van der Waals surface area contributed by atoms with Gasteiger partial charge in [-0.3, -0.25) is 16.5 Å². The van der Waals surface area contributed by atoms with Gasteiger partial charge in [0, 0.05) is 0 Å². The fourth-order valence-electron chi connectivity index (χ4n) is 0.768. The van der Waals surface area contributed by atoms with Crippen LogP contribution in [0.5, 0.6) is 5.75 Å². The molecular weight excluding hydrogens is 156 g/mol. The first-order valence-corrected chi connectivity index (χ1v) is 3.32. The Morgan fingerprint density at radius 3 is 2.42 bits per heavy atom. The van der Waals surface area contributed by atoms with E-state index < -0.39 is 0 Å². The molecule has 12 heavy (non-hydrogen) atoms. The summed E-state index contributed by atoms with van der Waals surface area (Å²) < 4.78 is 0. The second-order valence-corrected chi connectivity index (χ2v) is 2.18. The first kappa shape index (κ1) is 10.6. The lowest BCUT2D eigenvalue weighted by Gasteiger charge is -1.96. The van der Waals surface area contributed by atoms with Crippen LogP contribution in [0.25, 0.3) is 0 Å². The van der Waals surface area contributed by atoms with Crippen LogP contribution in [0.3, 0.4) is 0 Å². The van der Waals surface area contributed by atoms with Gasteiger partial charge in [-0.25, -0.2) is 0 Å². The molecule has 66 valence electrons. The summed E-state index contributed by atoms with van der Waals surface area (Å²) in [6.45, 7) is 1.87. The number of hydrogen-bond acceptors (Lipinski definition) is 4. The van der Waals surface area contributed by atoms with Crippen molar-refractivity contribution >= 4 is 6.29 Å². The zero-order valence-corrected chi connectivity index (χ0v) is 6.82. The molecule has 1 aromatic carbocycles. The Bertz CT molecular complexity index is 261. The quantitative estimate of drug-likeness (QED) is 0.320. The molecule has 0 amide bonds. The lowest BCUT2D eigenvalue weighted by atomic mass is 10.1. The van der Waals surface area contributed by atoms with Gasteiger partial charge in [-0.15, -0.1) is 0 Å². The number of phenols is 1. The molecule has 5 N–H and O–H groups in total. The Balaban J connectivity index is 0.000000561. The van der Waals surface area contributed by atoms with Crippen molar-refractivity contribution in [3.63, 3.8) is 0 Å². The van der Waals surface area contributed by atoms with Crippen molar-refractivity contribution < 1.29 is 9.90 Å². The van der Waals surface area contributed by atoms with Gasteiger partial charge >= 0.3 is 0 Å². The molecular formula is C8H12N2O2. The van der Waals surface area contributed by atoms with Gasteiger partial charge in [0.15, 0.2) is 6.29 Å². The molecule has 0 aliphatic rings. The van der Waals surface area contributed by atoms with Crippen LogP contribution in [-0.2, 0) is 0 Å². The molecule has 0 aliphatic carbocycles. The number of rotatable bonds is 1. The second kappa shape index (κ2) is 5.29. The number of carbonyl (C=O) groups excluding carboxylic acids is 1. The molecule has 0 bridgehead atoms.